The summed E-state index contributed by atoms with van der Waals surface area (Å²) in [6.07, 6.45) is 4.27. The molecule has 4 aromatic heterocycles. The smallest absolute Gasteiger partial charge is 0.147 e. The molecule has 0 bridgehead atoms. The largest absolute Gasteiger partial charge is 0.488 e. The van der Waals surface area contributed by atoms with Crippen LogP contribution in [0.2, 0.25) is 0 Å². The van der Waals surface area contributed by atoms with Crippen LogP contribution in [0.4, 0.5) is 4.39 Å². The highest BCUT2D eigenvalue weighted by molar-refractivity contribution is 5.75. The van der Waals surface area contributed by atoms with Crippen molar-refractivity contribution in [2.75, 3.05) is 33.3 Å². The van der Waals surface area contributed by atoms with Gasteiger partial charge < -0.3 is 20.0 Å². The summed E-state index contributed by atoms with van der Waals surface area (Å²) in [5.41, 5.74) is 5.00. The summed E-state index contributed by atoms with van der Waals surface area (Å²) >= 11 is 0. The summed E-state index contributed by atoms with van der Waals surface area (Å²) in [4.78, 5) is 15.9. The monoisotopic (exact) mass is 532 g/mol. The van der Waals surface area contributed by atoms with E-state index in [1.165, 1.54) is 18.3 Å². The zero-order valence-electron chi connectivity index (χ0n) is 21.7. The molecule has 2 aliphatic rings. The lowest BCUT2D eigenvalue weighted by molar-refractivity contribution is -0.112. The number of halogens is 1. The van der Waals surface area contributed by atoms with Gasteiger partial charge >= 0.3 is 0 Å². The van der Waals surface area contributed by atoms with Crippen molar-refractivity contribution in [2.24, 2.45) is 5.92 Å². The Morgan fingerprint density at radius 3 is 2.79 bits per heavy atom. The normalized spacial score (nSPS) is 16.0. The van der Waals surface area contributed by atoms with E-state index < -0.39 is 11.9 Å². The molecule has 1 atom stereocenters. The summed E-state index contributed by atoms with van der Waals surface area (Å²) in [5, 5.41) is 32.1. The van der Waals surface area contributed by atoms with E-state index >= 15 is 0 Å². The quantitative estimate of drug-likeness (QED) is 0.357. The van der Waals surface area contributed by atoms with Crippen LogP contribution in [0.15, 0.2) is 36.8 Å². The minimum absolute atomic E-state index is 0.128. The number of nitrogens with zero attached hydrogens (tertiary/aromatic N) is 7. The first-order chi connectivity index (χ1) is 18.9. The summed E-state index contributed by atoms with van der Waals surface area (Å²) in [6.45, 7) is 6.27. The summed E-state index contributed by atoms with van der Waals surface area (Å²) in [7, 11) is 2.09. The van der Waals surface area contributed by atoms with E-state index in [0.29, 0.717) is 28.4 Å². The molecule has 39 heavy (non-hydrogen) atoms. The van der Waals surface area contributed by atoms with Gasteiger partial charge in [-0.25, -0.2) is 8.91 Å². The molecule has 0 saturated carbocycles. The molecule has 6 rings (SSSR count). The molecule has 2 aliphatic heterocycles. The Morgan fingerprint density at radius 2 is 2.15 bits per heavy atom. The second-order valence-electron chi connectivity index (χ2n) is 9.72. The average molecular weight is 533 g/mol. The SMILES string of the molecule is Cc1c(-c2cc(OCC(O)c3ccc(F)cn3)c3c(C#N)cnn3c2)nn2c1CN(C)CC2.O=CC1CNC1. The number of aliphatic hydroxyl groups is 1. The van der Waals surface area contributed by atoms with Gasteiger partial charge in [-0.15, -0.1) is 0 Å². The topological polar surface area (TPSA) is 134 Å². The highest BCUT2D eigenvalue weighted by Gasteiger charge is 2.23. The minimum Gasteiger partial charge on any atom is -0.488 e. The first-order valence-corrected chi connectivity index (χ1v) is 12.6. The second-order valence-corrected chi connectivity index (χ2v) is 9.72. The molecule has 0 radical (unpaired) electrons. The van der Waals surface area contributed by atoms with Crippen molar-refractivity contribution >= 4 is 11.8 Å². The molecule has 4 aromatic rings. The maximum atomic E-state index is 13.1. The fourth-order valence-electron chi connectivity index (χ4n) is 4.50. The van der Waals surface area contributed by atoms with Crippen LogP contribution in [-0.2, 0) is 17.9 Å². The van der Waals surface area contributed by atoms with Crippen LogP contribution in [0.25, 0.3) is 16.8 Å². The fraction of sp³-hybridized carbons (Fsp3) is 0.370. The predicted octanol–water partition coefficient (Wildman–Crippen LogP) is 1.87. The van der Waals surface area contributed by atoms with Crippen molar-refractivity contribution in [3.63, 3.8) is 0 Å². The maximum absolute atomic E-state index is 13.1. The van der Waals surface area contributed by atoms with E-state index in [-0.39, 0.29) is 6.61 Å². The summed E-state index contributed by atoms with van der Waals surface area (Å²) in [6, 6.07) is 6.58. The third kappa shape index (κ3) is 5.51. The first-order valence-electron chi connectivity index (χ1n) is 12.6. The van der Waals surface area contributed by atoms with Crippen LogP contribution in [-0.4, -0.2) is 74.0 Å². The molecule has 12 heteroatoms. The first kappa shape index (κ1) is 26.4. The Hall–Kier alpha value is -4.18. The number of hydrogen-bond acceptors (Lipinski definition) is 9. The number of aromatic nitrogens is 5. The number of fused-ring (bicyclic) bond motifs is 2. The molecule has 0 spiro atoms. The number of ether oxygens (including phenoxy) is 1. The number of aliphatic hydroxyl groups excluding tert-OH is 1. The number of carbonyl (C=O) groups excluding carboxylic acids is 1. The molecule has 0 aliphatic carbocycles. The van der Waals surface area contributed by atoms with E-state index in [1.807, 2.05) is 23.9 Å². The number of aldehydes is 1. The van der Waals surface area contributed by atoms with Crippen molar-refractivity contribution in [3.05, 3.63) is 65.1 Å². The van der Waals surface area contributed by atoms with E-state index in [0.717, 1.165) is 67.7 Å². The molecule has 6 heterocycles. The molecule has 0 amide bonds. The van der Waals surface area contributed by atoms with Crippen LogP contribution in [0.5, 0.6) is 5.75 Å². The van der Waals surface area contributed by atoms with Crippen molar-refractivity contribution in [3.8, 4) is 23.1 Å². The second kappa shape index (κ2) is 11.3. The molecule has 2 N–H and O–H groups in total. The van der Waals surface area contributed by atoms with Crippen LogP contribution < -0.4 is 10.1 Å². The van der Waals surface area contributed by atoms with Crippen LogP contribution in [0, 0.1) is 30.0 Å². The van der Waals surface area contributed by atoms with E-state index in [2.05, 4.69) is 33.4 Å². The molecule has 0 aromatic carbocycles. The number of nitrogens with one attached hydrogen (secondary N) is 1. The van der Waals surface area contributed by atoms with Crippen molar-refractivity contribution in [1.82, 2.24) is 34.6 Å². The van der Waals surface area contributed by atoms with Gasteiger partial charge in [0.15, 0.2) is 0 Å². The Kier molecular flexibility index (Phi) is 7.65. The Bertz CT molecular complexity index is 1520. The highest BCUT2D eigenvalue weighted by Crippen LogP contribution is 2.33. The van der Waals surface area contributed by atoms with Gasteiger partial charge in [0.2, 0.25) is 0 Å². The number of hydrogen-bond donors (Lipinski definition) is 2. The third-order valence-electron chi connectivity index (χ3n) is 6.90. The van der Waals surface area contributed by atoms with E-state index in [1.54, 1.807) is 4.52 Å². The van der Waals surface area contributed by atoms with Gasteiger partial charge in [-0.1, -0.05) is 0 Å². The molecule has 11 nitrogen and oxygen atoms in total. The fourth-order valence-corrected chi connectivity index (χ4v) is 4.50. The minimum atomic E-state index is -1.07. The molecule has 202 valence electrons. The molecular weight excluding hydrogens is 503 g/mol. The van der Waals surface area contributed by atoms with Gasteiger partial charge in [-0.2, -0.15) is 15.5 Å². The predicted molar refractivity (Wildman–Crippen MR) is 139 cm³/mol. The number of pyridine rings is 2. The zero-order valence-corrected chi connectivity index (χ0v) is 21.7. The standard InChI is InChI=1S/C23H22FN7O2.C4H7NO/c1-14-19-12-29(2)5-6-30(19)28-22(14)15-7-21(23-16(8-25)9-27-31(23)11-15)33-13-20(32)18-4-3-17(24)10-26-18;6-3-4-1-5-2-4/h3-4,7,9-11,20,32H,5-6,12-13H2,1-2H3;3-5H,1-2H2. The van der Waals surface area contributed by atoms with Gasteiger partial charge in [-0.3, -0.25) is 14.6 Å². The molecule has 1 fully saturated rings. The number of carbonyl (C=O) groups is 1. The zero-order chi connectivity index (χ0) is 27.5. The van der Waals surface area contributed by atoms with E-state index in [4.69, 9.17) is 9.84 Å². The van der Waals surface area contributed by atoms with Crippen LogP contribution in [0.3, 0.4) is 0 Å². The molecular formula is C27H29FN8O3. The maximum Gasteiger partial charge on any atom is 0.147 e. The number of rotatable bonds is 6. The van der Waals surface area contributed by atoms with Gasteiger partial charge in [-0.05, 0) is 37.7 Å². The van der Waals surface area contributed by atoms with Gasteiger partial charge in [0, 0.05) is 43.9 Å². The average Bonchev–Trinajstić information content (AvgIpc) is 3.48. The summed E-state index contributed by atoms with van der Waals surface area (Å²) in [5.74, 6) is 0.235. The van der Waals surface area contributed by atoms with Crippen molar-refractivity contribution in [2.45, 2.75) is 26.1 Å². The summed E-state index contributed by atoms with van der Waals surface area (Å²) < 4.78 is 22.7. The lowest BCUT2D eigenvalue weighted by Crippen LogP contribution is -2.42. The third-order valence-corrected chi connectivity index (χ3v) is 6.90. The lowest BCUT2D eigenvalue weighted by atomic mass is 10.1. The number of nitriles is 1. The van der Waals surface area contributed by atoms with Crippen LogP contribution in [0.1, 0.15) is 28.6 Å². The Morgan fingerprint density at radius 1 is 1.33 bits per heavy atom. The van der Waals surface area contributed by atoms with Crippen molar-refractivity contribution in [1.29, 1.82) is 5.26 Å². The Labute approximate surface area is 224 Å². The van der Waals surface area contributed by atoms with Crippen LogP contribution >= 0.6 is 0 Å². The Balaban J connectivity index is 0.000000455. The van der Waals surface area contributed by atoms with Crippen molar-refractivity contribution < 1.29 is 19.0 Å². The molecule has 1 saturated heterocycles. The lowest BCUT2D eigenvalue weighted by Gasteiger charge is -2.23. The highest BCUT2D eigenvalue weighted by atomic mass is 19.1. The molecule has 1 unspecified atom stereocenters. The van der Waals surface area contributed by atoms with Gasteiger partial charge in [0.05, 0.1) is 36.0 Å². The van der Waals surface area contributed by atoms with E-state index in [9.17, 15) is 19.6 Å². The van der Waals surface area contributed by atoms with Gasteiger partial charge in [0.1, 0.15) is 47.7 Å². The number of likely N-dealkylation sites (N-methyl/N-ethyl adjacent to an activating group) is 1. The van der Waals surface area contributed by atoms with Gasteiger partial charge in [0.25, 0.3) is 0 Å².